The molecule has 0 atom stereocenters. The van der Waals surface area contributed by atoms with Gasteiger partial charge in [-0.15, -0.1) is 11.3 Å². The van der Waals surface area contributed by atoms with E-state index in [1.54, 1.807) is 18.3 Å². The van der Waals surface area contributed by atoms with E-state index >= 15 is 0 Å². The van der Waals surface area contributed by atoms with Crippen molar-refractivity contribution in [1.29, 1.82) is 0 Å². The molecule has 0 saturated carbocycles. The van der Waals surface area contributed by atoms with Gasteiger partial charge in [-0.1, -0.05) is 41.9 Å². The number of hydrogen-bond donors (Lipinski definition) is 2. The van der Waals surface area contributed by atoms with E-state index in [0.717, 1.165) is 16.1 Å². The van der Waals surface area contributed by atoms with Crippen molar-refractivity contribution in [3.05, 3.63) is 64.1 Å². The molecule has 2 aromatic heterocycles. The molecule has 22 heavy (non-hydrogen) atoms. The lowest BCUT2D eigenvalue weighted by atomic mass is 10.2. The van der Waals surface area contributed by atoms with Crippen molar-refractivity contribution in [2.75, 3.05) is 0 Å². The molecule has 0 radical (unpaired) electrons. The molecule has 1 amide bonds. The summed E-state index contributed by atoms with van der Waals surface area (Å²) in [4.78, 5) is 12.9. The van der Waals surface area contributed by atoms with Crippen molar-refractivity contribution < 1.29 is 4.79 Å². The molecule has 5 nitrogen and oxygen atoms in total. The van der Waals surface area contributed by atoms with Crippen LogP contribution >= 0.6 is 22.9 Å². The number of aromatic nitrogens is 2. The maximum Gasteiger partial charge on any atom is 0.291 e. The number of amides is 1. The van der Waals surface area contributed by atoms with Crippen molar-refractivity contribution >= 4 is 35.1 Å². The molecular formula is C15H11ClN4OS. The second-order valence-electron chi connectivity index (χ2n) is 4.38. The molecule has 0 unspecified atom stereocenters. The topological polar surface area (TPSA) is 70.1 Å². The standard InChI is InChI=1S/C15H11ClN4OS/c16-14-7-6-13(22-14)11-8-12(19-18-11)15(21)20-17-9-10-4-2-1-3-5-10/h1-9H,(H,18,19)(H,20,21)/b17-9+. The Balaban J connectivity index is 1.66. The lowest BCUT2D eigenvalue weighted by Crippen LogP contribution is -2.17. The number of carbonyl (C=O) groups is 1. The number of nitrogens with one attached hydrogen (secondary N) is 2. The summed E-state index contributed by atoms with van der Waals surface area (Å²) in [6, 6.07) is 14.8. The summed E-state index contributed by atoms with van der Waals surface area (Å²) >= 11 is 7.31. The molecule has 2 heterocycles. The second-order valence-corrected chi connectivity index (χ2v) is 6.10. The first-order valence-electron chi connectivity index (χ1n) is 6.42. The van der Waals surface area contributed by atoms with Gasteiger partial charge in [-0.25, -0.2) is 5.43 Å². The number of aromatic amines is 1. The molecule has 110 valence electrons. The molecule has 0 spiro atoms. The third kappa shape index (κ3) is 3.41. The van der Waals surface area contributed by atoms with Crippen LogP contribution in [-0.2, 0) is 0 Å². The van der Waals surface area contributed by atoms with Gasteiger partial charge in [0.05, 0.1) is 21.1 Å². The quantitative estimate of drug-likeness (QED) is 0.567. The van der Waals surface area contributed by atoms with Gasteiger partial charge >= 0.3 is 0 Å². The van der Waals surface area contributed by atoms with Crippen LogP contribution in [0.2, 0.25) is 4.34 Å². The zero-order chi connectivity index (χ0) is 15.4. The zero-order valence-corrected chi connectivity index (χ0v) is 12.9. The van der Waals surface area contributed by atoms with Crippen LogP contribution in [0.3, 0.4) is 0 Å². The van der Waals surface area contributed by atoms with E-state index in [1.807, 2.05) is 36.4 Å². The van der Waals surface area contributed by atoms with Crippen LogP contribution in [0.4, 0.5) is 0 Å². The Hall–Kier alpha value is -2.44. The molecule has 1 aromatic carbocycles. The summed E-state index contributed by atoms with van der Waals surface area (Å²) in [7, 11) is 0. The van der Waals surface area contributed by atoms with Crippen molar-refractivity contribution in [2.45, 2.75) is 0 Å². The maximum absolute atomic E-state index is 12.0. The highest BCUT2D eigenvalue weighted by Crippen LogP contribution is 2.29. The monoisotopic (exact) mass is 330 g/mol. The molecule has 3 rings (SSSR count). The fourth-order valence-corrected chi connectivity index (χ4v) is 2.79. The number of hydrazone groups is 1. The first kappa shape index (κ1) is 14.5. The Morgan fingerprint density at radius 2 is 2.09 bits per heavy atom. The van der Waals surface area contributed by atoms with Gasteiger partial charge in [0.1, 0.15) is 0 Å². The van der Waals surface area contributed by atoms with Gasteiger partial charge < -0.3 is 0 Å². The largest absolute Gasteiger partial charge is 0.291 e. The Kier molecular flexibility index (Phi) is 4.32. The Labute approximate surface area is 135 Å². The molecule has 0 aliphatic rings. The Morgan fingerprint density at radius 1 is 1.27 bits per heavy atom. The van der Waals surface area contributed by atoms with Gasteiger partial charge in [0.15, 0.2) is 5.69 Å². The molecule has 0 saturated heterocycles. The first-order chi connectivity index (χ1) is 10.7. The molecule has 2 N–H and O–H groups in total. The number of rotatable bonds is 4. The normalized spacial score (nSPS) is 11.0. The molecule has 0 bridgehead atoms. The molecule has 0 fully saturated rings. The molecule has 0 aliphatic carbocycles. The van der Waals surface area contributed by atoms with Gasteiger partial charge in [0.25, 0.3) is 5.91 Å². The van der Waals surface area contributed by atoms with E-state index in [2.05, 4.69) is 20.7 Å². The van der Waals surface area contributed by atoms with Gasteiger partial charge in [-0.05, 0) is 23.8 Å². The number of H-pyrrole nitrogens is 1. The lowest BCUT2D eigenvalue weighted by Gasteiger charge is -1.94. The summed E-state index contributed by atoms with van der Waals surface area (Å²) < 4.78 is 0.683. The summed E-state index contributed by atoms with van der Waals surface area (Å²) in [5, 5.41) is 10.7. The van der Waals surface area contributed by atoms with Gasteiger partial charge in [0, 0.05) is 0 Å². The van der Waals surface area contributed by atoms with Crippen molar-refractivity contribution in [3.63, 3.8) is 0 Å². The highest BCUT2D eigenvalue weighted by Gasteiger charge is 2.11. The fraction of sp³-hybridized carbons (Fsp3) is 0. The molecule has 0 aliphatic heterocycles. The van der Waals surface area contributed by atoms with Crippen LogP contribution in [0.1, 0.15) is 16.1 Å². The van der Waals surface area contributed by atoms with Crippen LogP contribution in [0.25, 0.3) is 10.6 Å². The maximum atomic E-state index is 12.0. The predicted octanol–water partition coefficient (Wildman–Crippen LogP) is 3.56. The van der Waals surface area contributed by atoms with E-state index in [9.17, 15) is 4.79 Å². The van der Waals surface area contributed by atoms with E-state index in [-0.39, 0.29) is 11.6 Å². The number of carbonyl (C=O) groups excluding carboxylic acids is 1. The lowest BCUT2D eigenvalue weighted by molar-refractivity contribution is 0.0950. The van der Waals surface area contributed by atoms with E-state index in [0.29, 0.717) is 4.34 Å². The first-order valence-corrected chi connectivity index (χ1v) is 7.61. The highest BCUT2D eigenvalue weighted by atomic mass is 35.5. The predicted molar refractivity (Wildman–Crippen MR) is 88.4 cm³/mol. The van der Waals surface area contributed by atoms with E-state index in [4.69, 9.17) is 11.6 Å². The number of halogens is 1. The number of hydrogen-bond acceptors (Lipinski definition) is 4. The molecular weight excluding hydrogens is 320 g/mol. The van der Waals surface area contributed by atoms with Crippen molar-refractivity contribution in [3.8, 4) is 10.6 Å². The average molecular weight is 331 g/mol. The van der Waals surface area contributed by atoms with Crippen LogP contribution < -0.4 is 5.43 Å². The smallest absolute Gasteiger partial charge is 0.276 e. The Morgan fingerprint density at radius 3 is 2.82 bits per heavy atom. The molecule has 3 aromatic rings. The number of thiophene rings is 1. The molecule has 7 heteroatoms. The van der Waals surface area contributed by atoms with E-state index < -0.39 is 0 Å². The van der Waals surface area contributed by atoms with Crippen LogP contribution in [0.15, 0.2) is 53.6 Å². The third-order valence-corrected chi connectivity index (χ3v) is 4.09. The minimum Gasteiger partial charge on any atom is -0.276 e. The van der Waals surface area contributed by atoms with Crippen molar-refractivity contribution in [1.82, 2.24) is 15.6 Å². The number of benzene rings is 1. The SMILES string of the molecule is O=C(N/N=C/c1ccccc1)c1cc(-c2ccc(Cl)s2)[nH]n1. The van der Waals surface area contributed by atoms with Gasteiger partial charge in [0.2, 0.25) is 0 Å². The summed E-state index contributed by atoms with van der Waals surface area (Å²) in [5.41, 5.74) is 4.36. The second kappa shape index (κ2) is 6.55. The minimum absolute atomic E-state index is 0.268. The summed E-state index contributed by atoms with van der Waals surface area (Å²) in [6.45, 7) is 0. The summed E-state index contributed by atoms with van der Waals surface area (Å²) in [5.74, 6) is -0.377. The minimum atomic E-state index is -0.377. The number of nitrogens with zero attached hydrogens (tertiary/aromatic N) is 2. The van der Waals surface area contributed by atoms with Crippen molar-refractivity contribution in [2.24, 2.45) is 5.10 Å². The van der Waals surface area contributed by atoms with Crippen LogP contribution in [0.5, 0.6) is 0 Å². The zero-order valence-electron chi connectivity index (χ0n) is 11.3. The van der Waals surface area contributed by atoms with E-state index in [1.165, 1.54) is 11.3 Å². The van der Waals surface area contributed by atoms with Crippen LogP contribution in [-0.4, -0.2) is 22.3 Å². The van der Waals surface area contributed by atoms with Gasteiger partial charge in [-0.2, -0.15) is 10.2 Å². The van der Waals surface area contributed by atoms with Crippen LogP contribution in [0, 0.1) is 0 Å². The van der Waals surface area contributed by atoms with Gasteiger partial charge in [-0.3, -0.25) is 9.89 Å². The average Bonchev–Trinajstić information content (AvgIpc) is 3.17. The summed E-state index contributed by atoms with van der Waals surface area (Å²) in [6.07, 6.45) is 1.57. The fourth-order valence-electron chi connectivity index (χ4n) is 1.79. The third-order valence-electron chi connectivity index (χ3n) is 2.83. The Bertz CT molecular complexity index is 810. The highest BCUT2D eigenvalue weighted by molar-refractivity contribution is 7.19.